The van der Waals surface area contributed by atoms with Crippen LogP contribution in [-0.4, -0.2) is 52.3 Å². The lowest BCUT2D eigenvalue weighted by atomic mass is 10.1. The number of nitrogens with one attached hydrogen (secondary N) is 1. The first-order valence-corrected chi connectivity index (χ1v) is 9.36. The molecule has 28 heavy (non-hydrogen) atoms. The lowest BCUT2D eigenvalue weighted by Gasteiger charge is -2.30. The van der Waals surface area contributed by atoms with Crippen LogP contribution in [0.2, 0.25) is 0 Å². The number of alkyl halides is 2. The third-order valence-electron chi connectivity index (χ3n) is 5.03. The first-order chi connectivity index (χ1) is 13.5. The highest BCUT2D eigenvalue weighted by atomic mass is 19.3. The van der Waals surface area contributed by atoms with Crippen molar-refractivity contribution in [3.63, 3.8) is 0 Å². The average Bonchev–Trinajstić information content (AvgIpc) is 3.13. The average molecular weight is 387 g/mol. The van der Waals surface area contributed by atoms with Crippen molar-refractivity contribution in [2.75, 3.05) is 25.5 Å². The van der Waals surface area contributed by atoms with E-state index in [1.807, 2.05) is 35.7 Å². The zero-order valence-corrected chi connectivity index (χ0v) is 15.9. The second-order valence-electron chi connectivity index (χ2n) is 7.26. The third kappa shape index (κ3) is 3.77. The molecule has 8 heteroatoms. The maximum atomic E-state index is 12.9. The summed E-state index contributed by atoms with van der Waals surface area (Å²) in [6, 6.07) is 9.26. The first kappa shape index (κ1) is 18.6. The van der Waals surface area contributed by atoms with Gasteiger partial charge in [0, 0.05) is 24.3 Å². The maximum absolute atomic E-state index is 12.9. The van der Waals surface area contributed by atoms with Crippen LogP contribution in [-0.2, 0) is 0 Å². The first-order valence-electron chi connectivity index (χ1n) is 9.36. The molecule has 0 saturated carbocycles. The van der Waals surface area contributed by atoms with Crippen LogP contribution >= 0.6 is 0 Å². The Kier molecular flexibility index (Phi) is 5.13. The molecule has 0 spiro atoms. The van der Waals surface area contributed by atoms with E-state index >= 15 is 0 Å². The summed E-state index contributed by atoms with van der Waals surface area (Å²) in [5.74, 6) is 0.745. The van der Waals surface area contributed by atoms with Gasteiger partial charge in [-0.05, 0) is 63.2 Å². The molecule has 1 atom stereocenters. The predicted molar refractivity (Wildman–Crippen MR) is 104 cm³/mol. The summed E-state index contributed by atoms with van der Waals surface area (Å²) in [5.41, 5.74) is 2.61. The molecule has 1 N–H and O–H groups in total. The Morgan fingerprint density at radius 2 is 2.11 bits per heavy atom. The van der Waals surface area contributed by atoms with Gasteiger partial charge in [0.05, 0.1) is 5.52 Å². The molecule has 1 aliphatic rings. The number of benzene rings is 1. The third-order valence-corrected chi connectivity index (χ3v) is 5.03. The lowest BCUT2D eigenvalue weighted by molar-refractivity contribution is -0.0494. The molecule has 0 bridgehead atoms. The number of piperidine rings is 1. The number of ether oxygens (including phenoxy) is 1. The van der Waals surface area contributed by atoms with E-state index in [0.717, 1.165) is 37.0 Å². The molecule has 0 amide bonds. The van der Waals surface area contributed by atoms with E-state index in [1.165, 1.54) is 0 Å². The van der Waals surface area contributed by atoms with Crippen LogP contribution in [0.25, 0.3) is 16.8 Å². The zero-order valence-electron chi connectivity index (χ0n) is 15.9. The molecule has 2 aromatic heterocycles. The number of likely N-dealkylation sites (tertiary alicyclic amines) is 1. The summed E-state index contributed by atoms with van der Waals surface area (Å²) in [6.45, 7) is 0.966. The molecule has 148 valence electrons. The number of nitrogens with zero attached hydrogens (tertiary/aromatic N) is 4. The normalized spacial score (nSPS) is 18.0. The highest BCUT2D eigenvalue weighted by Crippen LogP contribution is 2.34. The van der Waals surface area contributed by atoms with Crippen LogP contribution in [0.3, 0.4) is 0 Å². The van der Waals surface area contributed by atoms with Crippen molar-refractivity contribution in [3.05, 3.63) is 42.1 Å². The van der Waals surface area contributed by atoms with Gasteiger partial charge in [-0.1, -0.05) is 6.07 Å². The van der Waals surface area contributed by atoms with Crippen LogP contribution in [0, 0.1) is 6.92 Å². The van der Waals surface area contributed by atoms with E-state index in [1.54, 1.807) is 12.1 Å². The van der Waals surface area contributed by atoms with Gasteiger partial charge in [0.1, 0.15) is 11.4 Å². The van der Waals surface area contributed by atoms with Crippen molar-refractivity contribution in [3.8, 4) is 17.0 Å². The highest BCUT2D eigenvalue weighted by Gasteiger charge is 2.21. The molecular formula is C20H23F2N5O. The Bertz CT molecular complexity index is 974. The molecule has 1 aromatic carbocycles. The quantitative estimate of drug-likeness (QED) is 0.722. The van der Waals surface area contributed by atoms with Crippen molar-refractivity contribution in [2.45, 2.75) is 32.4 Å². The standard InChI is InChI=1S/C20H23F2N5O/c1-13-7-8-15(17(11-13)28-19(21)22)18-16-6-4-10-27(16)20(25-24-18)23-14-5-3-9-26(2)12-14/h4,6-8,10-11,14,19H,3,5,9,12H2,1-2H3,(H,23,25)/t14-/m1/s1. The Morgan fingerprint density at radius 3 is 2.89 bits per heavy atom. The van der Waals surface area contributed by atoms with Crippen molar-refractivity contribution < 1.29 is 13.5 Å². The minimum atomic E-state index is -2.90. The predicted octanol–water partition coefficient (Wildman–Crippen LogP) is 3.81. The SMILES string of the molecule is Cc1ccc(-c2nnc(N[C@@H]3CCCN(C)C3)n3cccc23)c(OC(F)F)c1. The van der Waals surface area contributed by atoms with Crippen LogP contribution in [0.4, 0.5) is 14.7 Å². The molecule has 6 nitrogen and oxygen atoms in total. The maximum Gasteiger partial charge on any atom is 0.387 e. The minimum absolute atomic E-state index is 0.0991. The van der Waals surface area contributed by atoms with Gasteiger partial charge in [-0.3, -0.25) is 4.40 Å². The van der Waals surface area contributed by atoms with Crippen LogP contribution in [0.15, 0.2) is 36.5 Å². The summed E-state index contributed by atoms with van der Waals surface area (Å²) in [6.07, 6.45) is 4.09. The zero-order chi connectivity index (χ0) is 19.7. The van der Waals surface area contributed by atoms with E-state index in [9.17, 15) is 8.78 Å². The summed E-state index contributed by atoms with van der Waals surface area (Å²) in [4.78, 5) is 2.29. The number of rotatable bonds is 5. The highest BCUT2D eigenvalue weighted by molar-refractivity contribution is 5.81. The molecule has 3 heterocycles. The lowest BCUT2D eigenvalue weighted by Crippen LogP contribution is -2.40. The van der Waals surface area contributed by atoms with E-state index in [4.69, 9.17) is 4.74 Å². The van der Waals surface area contributed by atoms with E-state index in [2.05, 4.69) is 27.5 Å². The van der Waals surface area contributed by atoms with E-state index in [-0.39, 0.29) is 5.75 Å². The number of aromatic nitrogens is 3. The van der Waals surface area contributed by atoms with Gasteiger partial charge < -0.3 is 15.0 Å². The van der Waals surface area contributed by atoms with Gasteiger partial charge in [-0.2, -0.15) is 8.78 Å². The monoisotopic (exact) mass is 387 g/mol. The Balaban J connectivity index is 1.72. The number of hydrogen-bond donors (Lipinski definition) is 1. The molecular weight excluding hydrogens is 364 g/mol. The molecule has 1 aliphatic heterocycles. The minimum Gasteiger partial charge on any atom is -0.434 e. The number of likely N-dealkylation sites (N-methyl/N-ethyl adjacent to an activating group) is 1. The summed E-state index contributed by atoms with van der Waals surface area (Å²) in [5, 5.41) is 12.2. The fourth-order valence-electron chi connectivity index (χ4n) is 3.73. The number of anilines is 1. The number of aryl methyl sites for hydroxylation is 1. The fourth-order valence-corrected chi connectivity index (χ4v) is 3.73. The smallest absolute Gasteiger partial charge is 0.387 e. The van der Waals surface area contributed by atoms with Crippen molar-refractivity contribution in [1.82, 2.24) is 19.5 Å². The molecule has 1 saturated heterocycles. The molecule has 1 fully saturated rings. The van der Waals surface area contributed by atoms with Gasteiger partial charge >= 0.3 is 6.61 Å². The fraction of sp³-hybridized carbons (Fsp3) is 0.400. The molecule has 0 aliphatic carbocycles. The topological polar surface area (TPSA) is 54.7 Å². The Morgan fingerprint density at radius 1 is 1.25 bits per heavy atom. The summed E-state index contributed by atoms with van der Waals surface area (Å²) in [7, 11) is 2.11. The van der Waals surface area contributed by atoms with Crippen LogP contribution < -0.4 is 10.1 Å². The number of halogens is 2. The number of fused-ring (bicyclic) bond motifs is 1. The summed E-state index contributed by atoms with van der Waals surface area (Å²) >= 11 is 0. The molecule has 3 aromatic rings. The second kappa shape index (κ2) is 7.71. The van der Waals surface area contributed by atoms with Gasteiger partial charge in [0.2, 0.25) is 5.95 Å². The van der Waals surface area contributed by atoms with Gasteiger partial charge in [0.15, 0.2) is 0 Å². The van der Waals surface area contributed by atoms with Gasteiger partial charge in [-0.25, -0.2) is 0 Å². The molecule has 4 rings (SSSR count). The number of hydrogen-bond acceptors (Lipinski definition) is 5. The van der Waals surface area contributed by atoms with Crippen LogP contribution in [0.1, 0.15) is 18.4 Å². The van der Waals surface area contributed by atoms with Gasteiger partial charge in [0.25, 0.3) is 0 Å². The molecule has 0 radical (unpaired) electrons. The Hall–Kier alpha value is -2.74. The molecule has 0 unspecified atom stereocenters. The van der Waals surface area contributed by atoms with Crippen molar-refractivity contribution in [2.24, 2.45) is 0 Å². The van der Waals surface area contributed by atoms with E-state index in [0.29, 0.717) is 23.2 Å². The summed E-state index contributed by atoms with van der Waals surface area (Å²) < 4.78 is 32.4. The Labute approximate surface area is 162 Å². The van der Waals surface area contributed by atoms with E-state index < -0.39 is 6.61 Å². The largest absolute Gasteiger partial charge is 0.434 e. The van der Waals surface area contributed by atoms with Crippen molar-refractivity contribution in [1.29, 1.82) is 0 Å². The second-order valence-corrected chi connectivity index (χ2v) is 7.26. The van der Waals surface area contributed by atoms with Crippen molar-refractivity contribution >= 4 is 11.5 Å². The van der Waals surface area contributed by atoms with Gasteiger partial charge in [-0.15, -0.1) is 10.2 Å². The van der Waals surface area contributed by atoms with Crippen LogP contribution in [0.5, 0.6) is 5.75 Å².